The van der Waals surface area contributed by atoms with Crippen molar-refractivity contribution in [1.82, 2.24) is 4.90 Å². The van der Waals surface area contributed by atoms with Crippen molar-refractivity contribution in [2.24, 2.45) is 0 Å². The molecule has 3 aromatic carbocycles. The van der Waals surface area contributed by atoms with Crippen LogP contribution in [0.25, 0.3) is 6.08 Å². The summed E-state index contributed by atoms with van der Waals surface area (Å²) in [6.45, 7) is 6.43. The van der Waals surface area contributed by atoms with Crippen LogP contribution in [0.3, 0.4) is 0 Å². The summed E-state index contributed by atoms with van der Waals surface area (Å²) in [7, 11) is 0. The van der Waals surface area contributed by atoms with Crippen molar-refractivity contribution in [3.63, 3.8) is 0 Å². The fourth-order valence-electron chi connectivity index (χ4n) is 4.51. The molecule has 3 aromatic rings. The summed E-state index contributed by atoms with van der Waals surface area (Å²) in [6.07, 6.45) is 1.67. The quantitative estimate of drug-likeness (QED) is 0.277. The Bertz CT molecular complexity index is 1580. The van der Waals surface area contributed by atoms with Gasteiger partial charge in [0.25, 0.3) is 11.8 Å². The zero-order valence-corrected chi connectivity index (χ0v) is 22.5. The Morgan fingerprint density at radius 1 is 0.900 bits per heavy atom. The van der Waals surface area contributed by atoms with Gasteiger partial charge >= 0.3 is 0 Å². The lowest BCUT2D eigenvalue weighted by Crippen LogP contribution is -2.42. The highest BCUT2D eigenvalue weighted by atomic mass is 16.7. The molecule has 8 heteroatoms. The zero-order valence-electron chi connectivity index (χ0n) is 22.5. The number of ether oxygens (including phenoxy) is 4. The lowest BCUT2D eigenvalue weighted by molar-refractivity contribution is -0.141. The minimum absolute atomic E-state index is 0.0138. The molecule has 0 saturated carbocycles. The molecule has 202 valence electrons. The van der Waals surface area contributed by atoms with Gasteiger partial charge in [-0.2, -0.15) is 5.26 Å². The summed E-state index contributed by atoms with van der Waals surface area (Å²) in [5, 5.41) is 9.76. The predicted molar refractivity (Wildman–Crippen MR) is 148 cm³/mol. The van der Waals surface area contributed by atoms with Gasteiger partial charge < -0.3 is 18.9 Å². The normalized spacial score (nSPS) is 15.4. The SMILES string of the molecule is CCOc1cc(/C=C2/C(=O)N(Cc3ccc4c(c3)OCO4)C(=O)C(C#N)=C2C)ccc1OCc1ccc(C)cc1. The van der Waals surface area contributed by atoms with E-state index < -0.39 is 11.8 Å². The number of carbonyl (C=O) groups is 2. The number of fused-ring (bicyclic) bond motifs is 1. The van der Waals surface area contributed by atoms with Crippen LogP contribution in [0.4, 0.5) is 0 Å². The standard InChI is InChI=1S/C32H28N2O6/c1-4-37-29-14-23(9-11-27(29)38-18-22-7-5-20(2)6-8-22)13-25-21(3)26(16-33)32(36)34(31(25)35)17-24-10-12-28-30(15-24)40-19-39-28/h5-15H,4,17-19H2,1-3H3/b25-13+. The molecule has 40 heavy (non-hydrogen) atoms. The summed E-state index contributed by atoms with van der Waals surface area (Å²) >= 11 is 0. The van der Waals surface area contributed by atoms with Gasteiger partial charge in [0.05, 0.1) is 13.2 Å². The topological polar surface area (TPSA) is 98.1 Å². The van der Waals surface area contributed by atoms with Crippen molar-refractivity contribution >= 4 is 17.9 Å². The van der Waals surface area contributed by atoms with E-state index in [-0.39, 0.29) is 24.5 Å². The van der Waals surface area contributed by atoms with Gasteiger partial charge in [0.15, 0.2) is 23.0 Å². The van der Waals surface area contributed by atoms with Crippen LogP contribution >= 0.6 is 0 Å². The predicted octanol–water partition coefficient (Wildman–Crippen LogP) is 5.49. The highest BCUT2D eigenvalue weighted by Gasteiger charge is 2.35. The molecule has 2 amide bonds. The zero-order chi connectivity index (χ0) is 28.2. The maximum absolute atomic E-state index is 13.6. The molecule has 2 heterocycles. The largest absolute Gasteiger partial charge is 0.490 e. The minimum atomic E-state index is -0.630. The fourth-order valence-corrected chi connectivity index (χ4v) is 4.51. The van der Waals surface area contributed by atoms with Crippen molar-refractivity contribution in [3.05, 3.63) is 99.6 Å². The number of amides is 2. The third-order valence-electron chi connectivity index (χ3n) is 6.70. The van der Waals surface area contributed by atoms with Crippen LogP contribution in [-0.2, 0) is 22.7 Å². The first-order chi connectivity index (χ1) is 19.4. The van der Waals surface area contributed by atoms with Gasteiger partial charge in [-0.25, -0.2) is 0 Å². The number of carbonyl (C=O) groups excluding carboxylic acids is 2. The highest BCUT2D eigenvalue weighted by Crippen LogP contribution is 2.35. The molecule has 0 aromatic heterocycles. The molecule has 0 N–H and O–H groups in total. The van der Waals surface area contributed by atoms with Crippen LogP contribution in [0, 0.1) is 18.3 Å². The number of imide groups is 1. The van der Waals surface area contributed by atoms with E-state index in [0.29, 0.717) is 52.9 Å². The van der Waals surface area contributed by atoms with Crippen LogP contribution in [0.1, 0.15) is 36.1 Å². The first-order valence-corrected chi connectivity index (χ1v) is 12.9. The van der Waals surface area contributed by atoms with Gasteiger partial charge in [-0.3, -0.25) is 14.5 Å². The Labute approximate surface area is 232 Å². The van der Waals surface area contributed by atoms with Crippen molar-refractivity contribution in [3.8, 4) is 29.1 Å². The van der Waals surface area contributed by atoms with Crippen LogP contribution < -0.4 is 18.9 Å². The molecule has 5 rings (SSSR count). The van der Waals surface area contributed by atoms with E-state index in [1.165, 1.54) is 5.56 Å². The number of nitriles is 1. The highest BCUT2D eigenvalue weighted by molar-refractivity contribution is 6.19. The van der Waals surface area contributed by atoms with Gasteiger partial charge in [-0.15, -0.1) is 0 Å². The number of hydrogen-bond donors (Lipinski definition) is 0. The molecule has 0 radical (unpaired) electrons. The van der Waals surface area contributed by atoms with Crippen LogP contribution in [-0.4, -0.2) is 30.1 Å². The van der Waals surface area contributed by atoms with Crippen molar-refractivity contribution in [1.29, 1.82) is 5.26 Å². The Morgan fingerprint density at radius 3 is 2.40 bits per heavy atom. The molecule has 8 nitrogen and oxygen atoms in total. The molecule has 2 aliphatic rings. The van der Waals surface area contributed by atoms with Gasteiger partial charge in [0.1, 0.15) is 18.2 Å². The van der Waals surface area contributed by atoms with Crippen LogP contribution in [0.15, 0.2) is 77.4 Å². The Hall–Kier alpha value is -5.03. The van der Waals surface area contributed by atoms with Crippen LogP contribution in [0.2, 0.25) is 0 Å². The number of hydrogen-bond acceptors (Lipinski definition) is 7. The summed E-state index contributed by atoms with van der Waals surface area (Å²) < 4.78 is 22.6. The lowest BCUT2D eigenvalue weighted by atomic mass is 9.93. The number of benzene rings is 3. The first kappa shape index (κ1) is 26.6. The molecule has 0 fully saturated rings. The third kappa shape index (κ3) is 5.40. The second kappa shape index (κ2) is 11.4. The second-order valence-corrected chi connectivity index (χ2v) is 9.47. The van der Waals surface area contributed by atoms with Gasteiger partial charge in [0, 0.05) is 5.57 Å². The molecule has 2 aliphatic heterocycles. The van der Waals surface area contributed by atoms with E-state index in [1.54, 1.807) is 43.3 Å². The van der Waals surface area contributed by atoms with Crippen molar-refractivity contribution < 1.29 is 28.5 Å². The Morgan fingerprint density at radius 2 is 1.65 bits per heavy atom. The molecular formula is C32H28N2O6. The number of nitrogens with zero attached hydrogens (tertiary/aromatic N) is 2. The smallest absolute Gasteiger partial charge is 0.271 e. The third-order valence-corrected chi connectivity index (χ3v) is 6.70. The van der Waals surface area contributed by atoms with Gasteiger partial charge in [-0.05, 0) is 73.4 Å². The summed E-state index contributed by atoms with van der Waals surface area (Å²) in [6, 6.07) is 20.7. The van der Waals surface area contributed by atoms with Crippen LogP contribution in [0.5, 0.6) is 23.0 Å². The Kier molecular flexibility index (Phi) is 7.56. The van der Waals surface area contributed by atoms with E-state index in [4.69, 9.17) is 18.9 Å². The monoisotopic (exact) mass is 536 g/mol. The molecule has 0 aliphatic carbocycles. The van der Waals surface area contributed by atoms with E-state index in [0.717, 1.165) is 10.5 Å². The summed E-state index contributed by atoms with van der Waals surface area (Å²) in [5.74, 6) is 1.13. The Balaban J connectivity index is 1.43. The summed E-state index contributed by atoms with van der Waals surface area (Å²) in [4.78, 5) is 27.8. The van der Waals surface area contributed by atoms with E-state index in [1.807, 2.05) is 50.2 Å². The minimum Gasteiger partial charge on any atom is -0.490 e. The average Bonchev–Trinajstić information content (AvgIpc) is 3.42. The molecule has 0 bridgehead atoms. The van der Waals surface area contributed by atoms with E-state index >= 15 is 0 Å². The molecule has 0 saturated heterocycles. The first-order valence-electron chi connectivity index (χ1n) is 12.9. The molecule has 0 atom stereocenters. The van der Waals surface area contributed by atoms with Crippen molar-refractivity contribution in [2.45, 2.75) is 33.9 Å². The molecular weight excluding hydrogens is 508 g/mol. The van der Waals surface area contributed by atoms with Gasteiger partial charge in [-0.1, -0.05) is 42.0 Å². The maximum atomic E-state index is 13.6. The fraction of sp³-hybridized carbons (Fsp3) is 0.219. The summed E-state index contributed by atoms with van der Waals surface area (Å²) in [5.41, 5.74) is 4.07. The molecule has 0 unspecified atom stereocenters. The van der Waals surface area contributed by atoms with E-state index in [2.05, 4.69) is 0 Å². The van der Waals surface area contributed by atoms with E-state index in [9.17, 15) is 14.9 Å². The average molecular weight is 537 g/mol. The number of aryl methyl sites for hydroxylation is 1. The lowest BCUT2D eigenvalue weighted by Gasteiger charge is -2.27. The number of rotatable bonds is 8. The molecule has 0 spiro atoms. The second-order valence-electron chi connectivity index (χ2n) is 9.47. The van der Waals surface area contributed by atoms with Gasteiger partial charge in [0.2, 0.25) is 6.79 Å². The maximum Gasteiger partial charge on any atom is 0.271 e. The van der Waals surface area contributed by atoms with Crippen molar-refractivity contribution in [2.75, 3.05) is 13.4 Å².